The second kappa shape index (κ2) is 15.1. The zero-order chi connectivity index (χ0) is 38.1. The van der Waals surface area contributed by atoms with Gasteiger partial charge in [-0.05, 0) is 36.8 Å². The number of fused-ring (bicyclic) bond motifs is 1. The third kappa shape index (κ3) is 7.82. The number of pyridine rings is 1. The van der Waals surface area contributed by atoms with Crippen molar-refractivity contribution in [2.45, 2.75) is 95.5 Å². The van der Waals surface area contributed by atoms with Crippen molar-refractivity contribution in [3.8, 4) is 22.8 Å². The Morgan fingerprint density at radius 2 is 1.79 bits per heavy atom. The number of benzene rings is 2. The lowest BCUT2D eigenvalue weighted by molar-refractivity contribution is -0.144. The molecular formula is C41H51N5O7. The summed E-state index contributed by atoms with van der Waals surface area (Å²) in [4.78, 5) is 62.7. The Morgan fingerprint density at radius 3 is 2.42 bits per heavy atom. The maximum Gasteiger partial charge on any atom is 0.330 e. The fourth-order valence-electron chi connectivity index (χ4n) is 7.72. The van der Waals surface area contributed by atoms with E-state index in [1.807, 2.05) is 75.4 Å². The molecule has 12 heteroatoms. The van der Waals surface area contributed by atoms with Crippen molar-refractivity contribution in [3.63, 3.8) is 0 Å². The number of nitrogens with zero attached hydrogens (tertiary/aromatic N) is 3. The Kier molecular flexibility index (Phi) is 10.7. The first-order valence-electron chi connectivity index (χ1n) is 18.5. The van der Waals surface area contributed by atoms with Gasteiger partial charge in [0.2, 0.25) is 11.8 Å². The number of hydrogen-bond donors (Lipinski definition) is 3. The van der Waals surface area contributed by atoms with Crippen LogP contribution in [0.4, 0.5) is 4.79 Å². The molecule has 2 saturated carbocycles. The molecule has 2 heterocycles. The van der Waals surface area contributed by atoms with E-state index < -0.39 is 53.0 Å². The molecule has 6 rings (SSSR count). The molecule has 0 radical (unpaired) electrons. The van der Waals surface area contributed by atoms with Gasteiger partial charge < -0.3 is 35.0 Å². The lowest BCUT2D eigenvalue weighted by Crippen LogP contribution is -2.60. The van der Waals surface area contributed by atoms with Gasteiger partial charge in [-0.2, -0.15) is 0 Å². The highest BCUT2D eigenvalue weighted by Gasteiger charge is 2.61. The number of nitrogens with one attached hydrogen (secondary N) is 2. The van der Waals surface area contributed by atoms with E-state index in [0.29, 0.717) is 22.7 Å². The van der Waals surface area contributed by atoms with Crippen LogP contribution in [0.5, 0.6) is 11.5 Å². The molecule has 2 aliphatic carbocycles. The average Bonchev–Trinajstić information content (AvgIpc) is 3.72. The van der Waals surface area contributed by atoms with E-state index in [0.717, 1.165) is 43.1 Å². The van der Waals surface area contributed by atoms with Crippen LogP contribution in [0.1, 0.15) is 65.7 Å². The average molecular weight is 726 g/mol. The van der Waals surface area contributed by atoms with Gasteiger partial charge >= 0.3 is 12.0 Å². The molecule has 1 saturated heterocycles. The van der Waals surface area contributed by atoms with Crippen LogP contribution in [0.2, 0.25) is 0 Å². The van der Waals surface area contributed by atoms with Gasteiger partial charge in [-0.1, -0.05) is 76.4 Å². The highest BCUT2D eigenvalue weighted by atomic mass is 16.5. The van der Waals surface area contributed by atoms with Crippen LogP contribution in [0.3, 0.4) is 0 Å². The lowest BCUT2D eigenvalue weighted by Gasteiger charge is -2.39. The normalized spacial score (nSPS) is 23.5. The van der Waals surface area contributed by atoms with Crippen LogP contribution in [0.15, 0.2) is 67.3 Å². The van der Waals surface area contributed by atoms with Crippen molar-refractivity contribution in [2.24, 2.45) is 11.3 Å². The van der Waals surface area contributed by atoms with Crippen molar-refractivity contribution in [2.75, 3.05) is 20.7 Å². The van der Waals surface area contributed by atoms with E-state index in [9.17, 15) is 24.3 Å². The van der Waals surface area contributed by atoms with E-state index >= 15 is 0 Å². The molecule has 0 spiro atoms. The summed E-state index contributed by atoms with van der Waals surface area (Å²) >= 11 is 0. The fourth-order valence-corrected chi connectivity index (χ4v) is 7.72. The Morgan fingerprint density at radius 1 is 1.08 bits per heavy atom. The van der Waals surface area contributed by atoms with Crippen molar-refractivity contribution in [1.29, 1.82) is 0 Å². The molecule has 3 aromatic rings. The summed E-state index contributed by atoms with van der Waals surface area (Å²) in [6, 6.07) is 14.6. The number of methoxy groups -OCH3 is 1. The number of amides is 4. The van der Waals surface area contributed by atoms with Crippen LogP contribution in [-0.2, 0) is 14.4 Å². The number of aliphatic carboxylic acids is 1. The van der Waals surface area contributed by atoms with Gasteiger partial charge in [0.25, 0.3) is 0 Å². The predicted octanol–water partition coefficient (Wildman–Crippen LogP) is 5.79. The number of carboxylic acids is 1. The van der Waals surface area contributed by atoms with Crippen molar-refractivity contribution >= 4 is 34.7 Å². The standard InChI is InChI=1S/C41H51N5O7/c1-7-26-23-41(26,38(49)50)44-36(47)33-21-29(24-46(33)39(51)43-35(40(2,3)4)37(48)45(5)27-16-12-9-13-17-27)53-34-22-31(25-14-10-8-11-15-25)42-32-20-28(52-6)18-19-30(32)34/h7-8,10-11,14-15,18-20,22,26-27,29,33,35H,1,9,12-13,16-17,21,23-24H2,2-6H3,(H,43,51)(H,44,47)(H,49,50)/t26-,29-,33+,35?,41-/m1/s1. The summed E-state index contributed by atoms with van der Waals surface area (Å²) in [5.41, 5.74) is 0.0560. The molecule has 1 aromatic heterocycles. The Bertz CT molecular complexity index is 1870. The summed E-state index contributed by atoms with van der Waals surface area (Å²) in [5.74, 6) is -1.25. The molecule has 3 aliphatic rings. The highest BCUT2D eigenvalue weighted by molar-refractivity contribution is 5.96. The second-order valence-corrected chi connectivity index (χ2v) is 15.7. The van der Waals surface area contributed by atoms with Gasteiger partial charge in [-0.25, -0.2) is 14.6 Å². The molecule has 5 atom stereocenters. The van der Waals surface area contributed by atoms with E-state index in [4.69, 9.17) is 14.5 Å². The van der Waals surface area contributed by atoms with Crippen LogP contribution >= 0.6 is 0 Å². The Hall–Kier alpha value is -5.13. The topological polar surface area (TPSA) is 150 Å². The van der Waals surface area contributed by atoms with Crippen molar-refractivity contribution < 1.29 is 33.8 Å². The molecule has 12 nitrogen and oxygen atoms in total. The number of ether oxygens (including phenoxy) is 2. The molecule has 1 aliphatic heterocycles. The van der Waals surface area contributed by atoms with E-state index in [2.05, 4.69) is 17.2 Å². The minimum Gasteiger partial charge on any atom is -0.497 e. The van der Waals surface area contributed by atoms with Crippen LogP contribution < -0.4 is 20.1 Å². The Balaban J connectivity index is 1.31. The number of hydrogen-bond acceptors (Lipinski definition) is 7. The number of urea groups is 1. The number of carboxylic acid groups (broad SMARTS) is 1. The van der Waals surface area contributed by atoms with Gasteiger partial charge in [-0.3, -0.25) is 9.59 Å². The summed E-state index contributed by atoms with van der Waals surface area (Å²) in [6.07, 6.45) is 6.25. The zero-order valence-electron chi connectivity index (χ0n) is 31.3. The number of carbonyl (C=O) groups excluding carboxylic acids is 3. The third-order valence-corrected chi connectivity index (χ3v) is 11.0. The first-order chi connectivity index (χ1) is 25.2. The first kappa shape index (κ1) is 37.6. The SMILES string of the molecule is C=C[C@@H]1C[C@]1(NC(=O)[C@@H]1C[C@@H](Oc2cc(-c3ccccc3)nc3cc(OC)ccc23)CN1C(=O)NC(C(=O)N(C)C1CCCCC1)C(C)(C)C)C(=O)O. The van der Waals surface area contributed by atoms with Gasteiger partial charge in [0.15, 0.2) is 0 Å². The van der Waals surface area contributed by atoms with Gasteiger partial charge in [-0.15, -0.1) is 6.58 Å². The van der Waals surface area contributed by atoms with E-state index in [1.165, 1.54) is 11.0 Å². The molecule has 53 heavy (non-hydrogen) atoms. The fraction of sp³-hybridized carbons (Fsp3) is 0.488. The quantitative estimate of drug-likeness (QED) is 0.210. The molecule has 282 valence electrons. The number of likely N-dealkylation sites (tertiary alicyclic amines) is 1. The van der Waals surface area contributed by atoms with Crippen molar-refractivity contribution in [1.82, 2.24) is 25.4 Å². The molecular weight excluding hydrogens is 674 g/mol. The lowest BCUT2D eigenvalue weighted by atomic mass is 9.85. The summed E-state index contributed by atoms with van der Waals surface area (Å²) in [6.45, 7) is 9.45. The zero-order valence-corrected chi connectivity index (χ0v) is 31.3. The monoisotopic (exact) mass is 725 g/mol. The van der Waals surface area contributed by atoms with Crippen LogP contribution in [0.25, 0.3) is 22.2 Å². The van der Waals surface area contributed by atoms with Gasteiger partial charge in [0.05, 0.1) is 24.9 Å². The number of likely N-dealkylation sites (N-methyl/N-ethyl adjacent to an activating group) is 1. The number of rotatable bonds is 11. The summed E-state index contributed by atoms with van der Waals surface area (Å²) in [5, 5.41) is 16.5. The molecule has 4 amide bonds. The van der Waals surface area contributed by atoms with Crippen LogP contribution in [-0.4, -0.2) is 94.2 Å². The molecule has 0 bridgehead atoms. The predicted molar refractivity (Wildman–Crippen MR) is 201 cm³/mol. The summed E-state index contributed by atoms with van der Waals surface area (Å²) < 4.78 is 12.1. The molecule has 3 N–H and O–H groups in total. The second-order valence-electron chi connectivity index (χ2n) is 15.7. The van der Waals surface area contributed by atoms with Gasteiger partial charge in [0.1, 0.15) is 35.2 Å². The molecule has 3 fully saturated rings. The number of carbonyl (C=O) groups is 4. The van der Waals surface area contributed by atoms with Gasteiger partial charge in [0, 0.05) is 48.5 Å². The highest BCUT2D eigenvalue weighted by Crippen LogP contribution is 2.45. The van der Waals surface area contributed by atoms with Crippen molar-refractivity contribution in [3.05, 3.63) is 67.3 Å². The van der Waals surface area contributed by atoms with E-state index in [-0.39, 0.29) is 31.3 Å². The minimum absolute atomic E-state index is 0.0129. The number of aromatic nitrogens is 1. The van der Waals surface area contributed by atoms with Crippen LogP contribution in [0, 0.1) is 11.3 Å². The molecule has 1 unspecified atom stereocenters. The maximum absolute atomic E-state index is 14.3. The minimum atomic E-state index is -1.49. The van der Waals surface area contributed by atoms with E-state index in [1.54, 1.807) is 19.1 Å². The first-order valence-corrected chi connectivity index (χ1v) is 18.5. The molecule has 2 aromatic carbocycles. The summed E-state index contributed by atoms with van der Waals surface area (Å²) in [7, 11) is 3.39. The largest absolute Gasteiger partial charge is 0.497 e. The Labute approximate surface area is 310 Å². The maximum atomic E-state index is 14.3. The third-order valence-electron chi connectivity index (χ3n) is 11.0. The smallest absolute Gasteiger partial charge is 0.330 e.